The Kier molecular flexibility index (Phi) is 6.36. The third kappa shape index (κ3) is 4.99. The highest BCUT2D eigenvalue weighted by atomic mass is 16.7. The minimum atomic E-state index is -0.298. The summed E-state index contributed by atoms with van der Waals surface area (Å²) >= 11 is 0. The summed E-state index contributed by atoms with van der Waals surface area (Å²) in [5.74, 6) is -0.240. The van der Waals surface area contributed by atoms with E-state index in [-0.39, 0.29) is 24.2 Å². The lowest BCUT2D eigenvalue weighted by molar-refractivity contribution is -0.193. The second-order valence-electron chi connectivity index (χ2n) is 6.68. The number of hydrogen-bond donors (Lipinski definition) is 1. The molecule has 2 fully saturated rings. The molecule has 2 saturated heterocycles. The molecule has 0 radical (unpaired) electrons. The van der Waals surface area contributed by atoms with Gasteiger partial charge in [-0.15, -0.1) is 5.06 Å². The number of hydrogen-bond acceptors (Lipinski definition) is 7. The molecule has 136 valence electrons. The minimum absolute atomic E-state index is 0.179. The fourth-order valence-corrected chi connectivity index (χ4v) is 3.56. The van der Waals surface area contributed by atoms with E-state index in [9.17, 15) is 9.59 Å². The maximum atomic E-state index is 12.2. The number of rotatable bonds is 6. The molecule has 3 heterocycles. The molecule has 0 aliphatic carbocycles. The molecule has 25 heavy (non-hydrogen) atoms. The van der Waals surface area contributed by atoms with Crippen LogP contribution in [0.5, 0.6) is 0 Å². The fraction of sp³-hybridized carbons (Fsp3) is 0.611. The number of carbonyl (C=O) groups is 2. The first-order chi connectivity index (χ1) is 12.3. The highest BCUT2D eigenvalue weighted by Crippen LogP contribution is 2.24. The van der Waals surface area contributed by atoms with Crippen LogP contribution < -0.4 is 10.2 Å². The van der Waals surface area contributed by atoms with E-state index in [0.717, 1.165) is 51.0 Å². The summed E-state index contributed by atoms with van der Waals surface area (Å²) in [5, 5.41) is 4.99. The van der Waals surface area contributed by atoms with Crippen molar-refractivity contribution in [3.63, 3.8) is 0 Å². The molecule has 7 heteroatoms. The number of aromatic nitrogens is 1. The molecule has 0 aromatic carbocycles. The monoisotopic (exact) mass is 346 g/mol. The smallest absolute Gasteiger partial charge is 0.325 e. The van der Waals surface area contributed by atoms with Crippen LogP contribution in [-0.4, -0.2) is 61.6 Å². The van der Waals surface area contributed by atoms with Gasteiger partial charge in [-0.05, 0) is 44.0 Å². The summed E-state index contributed by atoms with van der Waals surface area (Å²) < 4.78 is 0. The topological polar surface area (TPSA) is 74.8 Å². The summed E-state index contributed by atoms with van der Waals surface area (Å²) in [5.41, 5.74) is 1.13. The Morgan fingerprint density at radius 2 is 1.92 bits per heavy atom. The summed E-state index contributed by atoms with van der Waals surface area (Å²) in [7, 11) is 0. The van der Waals surface area contributed by atoms with E-state index in [1.807, 2.05) is 12.1 Å². The predicted molar refractivity (Wildman–Crippen MR) is 93.9 cm³/mol. The summed E-state index contributed by atoms with van der Waals surface area (Å²) in [4.78, 5) is 35.3. The summed E-state index contributed by atoms with van der Waals surface area (Å²) in [6, 6.07) is 3.96. The van der Waals surface area contributed by atoms with Crippen molar-refractivity contribution < 1.29 is 14.4 Å². The van der Waals surface area contributed by atoms with Gasteiger partial charge < -0.3 is 19.8 Å². The average Bonchev–Trinajstić information content (AvgIpc) is 2.68. The van der Waals surface area contributed by atoms with Gasteiger partial charge in [0.1, 0.15) is 6.29 Å². The van der Waals surface area contributed by atoms with Crippen LogP contribution in [0.25, 0.3) is 0 Å². The number of piperidine rings is 1. The van der Waals surface area contributed by atoms with Crippen molar-refractivity contribution in [1.29, 1.82) is 0 Å². The van der Waals surface area contributed by atoms with E-state index in [2.05, 4.69) is 15.2 Å². The molecule has 0 spiro atoms. The van der Waals surface area contributed by atoms with Crippen molar-refractivity contribution in [1.82, 2.24) is 15.4 Å². The van der Waals surface area contributed by atoms with Gasteiger partial charge in [0, 0.05) is 37.1 Å². The van der Waals surface area contributed by atoms with E-state index in [1.165, 1.54) is 0 Å². The number of carbonyl (C=O) groups excluding carboxylic acids is 2. The molecule has 1 aromatic rings. The highest BCUT2D eigenvalue weighted by Gasteiger charge is 2.27. The third-order valence-corrected chi connectivity index (χ3v) is 5.06. The van der Waals surface area contributed by atoms with Gasteiger partial charge in [-0.3, -0.25) is 9.78 Å². The van der Waals surface area contributed by atoms with Crippen molar-refractivity contribution in [2.45, 2.75) is 19.3 Å². The third-order valence-electron chi connectivity index (χ3n) is 5.06. The van der Waals surface area contributed by atoms with Gasteiger partial charge in [-0.25, -0.2) is 0 Å². The molecular weight excluding hydrogens is 320 g/mol. The van der Waals surface area contributed by atoms with Gasteiger partial charge >= 0.3 is 5.97 Å². The number of hydroxylamine groups is 2. The summed E-state index contributed by atoms with van der Waals surface area (Å²) in [6.45, 7) is 4.74. The molecule has 3 rings (SSSR count). The van der Waals surface area contributed by atoms with Gasteiger partial charge in [0.2, 0.25) is 0 Å². The molecular formula is C18H26N4O3. The van der Waals surface area contributed by atoms with Gasteiger partial charge in [0.15, 0.2) is 0 Å². The molecule has 0 amide bonds. The molecule has 2 aliphatic heterocycles. The van der Waals surface area contributed by atoms with Crippen LogP contribution >= 0.6 is 0 Å². The number of pyridine rings is 1. The maximum absolute atomic E-state index is 12.2. The molecule has 7 nitrogen and oxygen atoms in total. The second-order valence-corrected chi connectivity index (χ2v) is 6.68. The predicted octanol–water partition coefficient (Wildman–Crippen LogP) is 0.867. The first kappa shape index (κ1) is 17.8. The number of nitrogens with one attached hydrogen (secondary N) is 1. The van der Waals surface area contributed by atoms with Gasteiger partial charge in [-0.2, -0.15) is 0 Å². The lowest BCUT2D eigenvalue weighted by atomic mass is 9.84. The van der Waals surface area contributed by atoms with Gasteiger partial charge in [-0.1, -0.05) is 0 Å². The molecule has 1 aromatic heterocycles. The zero-order valence-corrected chi connectivity index (χ0v) is 14.5. The van der Waals surface area contributed by atoms with Gasteiger partial charge in [0.25, 0.3) is 0 Å². The average molecular weight is 346 g/mol. The Morgan fingerprint density at radius 3 is 2.56 bits per heavy atom. The van der Waals surface area contributed by atoms with E-state index < -0.39 is 0 Å². The van der Waals surface area contributed by atoms with Crippen LogP contribution in [0.1, 0.15) is 19.3 Å². The van der Waals surface area contributed by atoms with Crippen molar-refractivity contribution >= 4 is 17.9 Å². The number of nitrogens with zero attached hydrogens (tertiary/aromatic N) is 3. The van der Waals surface area contributed by atoms with Crippen molar-refractivity contribution in [3.05, 3.63) is 24.5 Å². The Labute approximate surface area is 148 Å². The van der Waals surface area contributed by atoms with Crippen LogP contribution in [0, 0.1) is 11.8 Å². The minimum Gasteiger partial charge on any atom is -0.369 e. The van der Waals surface area contributed by atoms with Crippen LogP contribution in [0.3, 0.4) is 0 Å². The second kappa shape index (κ2) is 8.92. The number of anilines is 1. The van der Waals surface area contributed by atoms with Crippen molar-refractivity contribution in [2.75, 3.05) is 44.2 Å². The lowest BCUT2D eigenvalue weighted by Crippen LogP contribution is -2.47. The number of aldehydes is 1. The Balaban J connectivity index is 1.43. The van der Waals surface area contributed by atoms with E-state index in [4.69, 9.17) is 4.84 Å². The number of piperazine rings is 1. The quantitative estimate of drug-likeness (QED) is 0.766. The van der Waals surface area contributed by atoms with Crippen LogP contribution in [-0.2, 0) is 14.4 Å². The molecule has 1 unspecified atom stereocenters. The van der Waals surface area contributed by atoms with E-state index >= 15 is 0 Å². The lowest BCUT2D eigenvalue weighted by Gasteiger charge is -2.35. The highest BCUT2D eigenvalue weighted by molar-refractivity contribution is 5.73. The molecule has 0 saturated carbocycles. The van der Waals surface area contributed by atoms with E-state index in [1.54, 1.807) is 17.5 Å². The SMILES string of the molecule is O=CC(CC(=O)ON1CCN(c2ccncc2)CC1)C1CCNCC1. The van der Waals surface area contributed by atoms with E-state index in [0.29, 0.717) is 13.1 Å². The Bertz CT molecular complexity index is 555. The Hall–Kier alpha value is -1.99. The normalized spacial score (nSPS) is 20.9. The molecule has 0 bridgehead atoms. The van der Waals surface area contributed by atoms with Crippen LogP contribution in [0.4, 0.5) is 5.69 Å². The molecule has 1 N–H and O–H groups in total. The zero-order chi connectivity index (χ0) is 17.5. The molecule has 2 aliphatic rings. The fourth-order valence-electron chi connectivity index (χ4n) is 3.56. The largest absolute Gasteiger partial charge is 0.369 e. The standard InChI is InChI=1S/C18H26N4O3/c23-14-16(15-1-5-19-6-2-15)13-18(24)25-22-11-9-21(10-12-22)17-3-7-20-8-4-17/h3-4,7-8,14-16,19H,1-2,5-6,9-13H2. The molecule has 1 atom stereocenters. The first-order valence-corrected chi connectivity index (χ1v) is 9.03. The zero-order valence-electron chi connectivity index (χ0n) is 14.5. The van der Waals surface area contributed by atoms with Gasteiger partial charge in [0.05, 0.1) is 19.5 Å². The van der Waals surface area contributed by atoms with Crippen LogP contribution in [0.15, 0.2) is 24.5 Å². The first-order valence-electron chi connectivity index (χ1n) is 9.03. The summed E-state index contributed by atoms with van der Waals surface area (Å²) in [6.07, 6.45) is 6.56. The maximum Gasteiger partial charge on any atom is 0.325 e. The van der Waals surface area contributed by atoms with Crippen LogP contribution in [0.2, 0.25) is 0 Å². The Morgan fingerprint density at radius 1 is 1.24 bits per heavy atom. The van der Waals surface area contributed by atoms with Crippen molar-refractivity contribution in [2.24, 2.45) is 11.8 Å². The van der Waals surface area contributed by atoms with Crippen molar-refractivity contribution in [3.8, 4) is 0 Å².